The number of anilines is 1. The summed E-state index contributed by atoms with van der Waals surface area (Å²) in [5.41, 5.74) is 0.905. The lowest BCUT2D eigenvalue weighted by Crippen LogP contribution is -2.37. The minimum Gasteiger partial charge on any atom is -0.371 e. The van der Waals surface area contributed by atoms with Crippen molar-refractivity contribution in [2.75, 3.05) is 31.1 Å². The fourth-order valence-electron chi connectivity index (χ4n) is 2.85. The van der Waals surface area contributed by atoms with E-state index in [4.69, 9.17) is 0 Å². The molecule has 0 aliphatic carbocycles. The number of nitrogens with one attached hydrogen (secondary N) is 2. The molecule has 0 bridgehead atoms. The number of benzene rings is 1. The van der Waals surface area contributed by atoms with Crippen molar-refractivity contribution in [1.29, 1.82) is 0 Å². The van der Waals surface area contributed by atoms with E-state index in [1.165, 1.54) is 19.1 Å². The van der Waals surface area contributed by atoms with Gasteiger partial charge in [0.1, 0.15) is 0 Å². The molecule has 2 N–H and O–H groups in total. The molecular weight excluding hydrogens is 324 g/mol. The van der Waals surface area contributed by atoms with Crippen LogP contribution in [0.2, 0.25) is 0 Å². The molecule has 136 valence electrons. The summed E-state index contributed by atoms with van der Waals surface area (Å²) in [5.74, 6) is 0.0969. The van der Waals surface area contributed by atoms with Gasteiger partial charge < -0.3 is 15.5 Å². The first-order chi connectivity index (χ1) is 11.9. The normalized spacial score (nSPS) is 14.9. The second-order valence-electron chi connectivity index (χ2n) is 6.37. The first-order valence-corrected chi connectivity index (χ1v) is 8.44. The predicted molar refractivity (Wildman–Crippen MR) is 94.7 cm³/mol. The maximum Gasteiger partial charge on any atom is 0.270 e. The van der Waals surface area contributed by atoms with Crippen LogP contribution in [-0.4, -0.2) is 42.9 Å². The highest BCUT2D eigenvalue weighted by molar-refractivity contribution is 6.00. The van der Waals surface area contributed by atoms with Crippen molar-refractivity contribution in [3.63, 3.8) is 0 Å². The van der Waals surface area contributed by atoms with E-state index in [1.807, 2.05) is 0 Å². The molecule has 1 saturated heterocycles. The van der Waals surface area contributed by atoms with Crippen molar-refractivity contribution in [3.8, 4) is 0 Å². The van der Waals surface area contributed by atoms with Gasteiger partial charge in [-0.3, -0.25) is 19.7 Å². The van der Waals surface area contributed by atoms with Crippen molar-refractivity contribution < 1.29 is 14.5 Å². The van der Waals surface area contributed by atoms with Gasteiger partial charge in [-0.2, -0.15) is 0 Å². The molecule has 8 heteroatoms. The van der Waals surface area contributed by atoms with Gasteiger partial charge in [-0.05, 0) is 24.8 Å². The number of hydrogen-bond donors (Lipinski definition) is 2. The Morgan fingerprint density at radius 3 is 2.48 bits per heavy atom. The van der Waals surface area contributed by atoms with Crippen LogP contribution in [0.4, 0.5) is 11.4 Å². The third kappa shape index (κ3) is 5.17. The predicted octanol–water partition coefficient (Wildman–Crippen LogP) is 1.70. The van der Waals surface area contributed by atoms with Crippen LogP contribution >= 0.6 is 0 Å². The average molecular weight is 348 g/mol. The topological polar surface area (TPSA) is 105 Å². The fourth-order valence-corrected chi connectivity index (χ4v) is 2.85. The minimum absolute atomic E-state index is 0.110. The van der Waals surface area contributed by atoms with Gasteiger partial charge in [-0.25, -0.2) is 0 Å². The van der Waals surface area contributed by atoms with Gasteiger partial charge in [0, 0.05) is 45.2 Å². The Bertz CT molecular complexity index is 654. The first kappa shape index (κ1) is 18.7. The summed E-state index contributed by atoms with van der Waals surface area (Å²) in [6, 6.07) is 4.40. The molecule has 0 aromatic heterocycles. The molecule has 1 heterocycles. The van der Waals surface area contributed by atoms with Crippen molar-refractivity contribution >= 4 is 23.2 Å². The lowest BCUT2D eigenvalue weighted by atomic mass is 9.98. The van der Waals surface area contributed by atoms with Crippen LogP contribution in [0.25, 0.3) is 0 Å². The Labute approximate surface area is 146 Å². The van der Waals surface area contributed by atoms with E-state index >= 15 is 0 Å². The Kier molecular flexibility index (Phi) is 6.32. The maximum atomic E-state index is 12.5. The lowest BCUT2D eigenvalue weighted by molar-refractivity contribution is -0.384. The summed E-state index contributed by atoms with van der Waals surface area (Å²) in [4.78, 5) is 36.0. The molecule has 1 aromatic rings. The Morgan fingerprint density at radius 1 is 1.24 bits per heavy atom. The number of hydrogen-bond acceptors (Lipinski definition) is 5. The van der Waals surface area contributed by atoms with Crippen LogP contribution in [0.5, 0.6) is 0 Å². The molecule has 1 aliphatic rings. The van der Waals surface area contributed by atoms with E-state index < -0.39 is 4.92 Å². The third-order valence-corrected chi connectivity index (χ3v) is 4.34. The van der Waals surface area contributed by atoms with Crippen molar-refractivity contribution in [3.05, 3.63) is 33.9 Å². The molecule has 8 nitrogen and oxygen atoms in total. The van der Waals surface area contributed by atoms with Gasteiger partial charge >= 0.3 is 0 Å². The van der Waals surface area contributed by atoms with Gasteiger partial charge in [-0.15, -0.1) is 0 Å². The summed E-state index contributed by atoms with van der Waals surface area (Å²) in [6.45, 7) is 5.82. The van der Waals surface area contributed by atoms with Gasteiger partial charge in [0.2, 0.25) is 5.91 Å². The summed E-state index contributed by atoms with van der Waals surface area (Å²) < 4.78 is 0. The minimum atomic E-state index is -0.504. The standard InChI is InChI=1S/C17H24N4O4/c1-12-5-9-20(10-6-12)16-4-3-14(21(24)25)11-15(16)17(23)19-8-7-18-13(2)22/h3-4,11-12H,5-10H2,1-2H3,(H,18,22)(H,19,23). The Balaban J connectivity index is 2.17. The van der Waals surface area contributed by atoms with E-state index in [-0.39, 0.29) is 24.0 Å². The number of piperidine rings is 1. The van der Waals surface area contributed by atoms with Crippen molar-refractivity contribution in [2.24, 2.45) is 5.92 Å². The van der Waals surface area contributed by atoms with Crippen LogP contribution in [-0.2, 0) is 4.79 Å². The molecule has 0 spiro atoms. The number of carbonyl (C=O) groups excluding carboxylic acids is 2. The maximum absolute atomic E-state index is 12.5. The molecule has 25 heavy (non-hydrogen) atoms. The molecule has 0 atom stereocenters. The van der Waals surface area contributed by atoms with Crippen molar-refractivity contribution in [2.45, 2.75) is 26.7 Å². The van der Waals surface area contributed by atoms with Crippen LogP contribution in [0, 0.1) is 16.0 Å². The van der Waals surface area contributed by atoms with Crippen LogP contribution in [0.1, 0.15) is 37.0 Å². The number of nitro groups is 1. The lowest BCUT2D eigenvalue weighted by Gasteiger charge is -2.33. The van der Waals surface area contributed by atoms with E-state index in [0.29, 0.717) is 18.0 Å². The smallest absolute Gasteiger partial charge is 0.270 e. The molecule has 1 fully saturated rings. The van der Waals surface area contributed by atoms with E-state index in [9.17, 15) is 19.7 Å². The number of amides is 2. The van der Waals surface area contributed by atoms with Gasteiger partial charge in [0.25, 0.3) is 11.6 Å². The van der Waals surface area contributed by atoms with Crippen LogP contribution < -0.4 is 15.5 Å². The zero-order valence-corrected chi connectivity index (χ0v) is 14.6. The fraction of sp³-hybridized carbons (Fsp3) is 0.529. The number of nitro benzene ring substituents is 1. The monoisotopic (exact) mass is 348 g/mol. The summed E-state index contributed by atoms with van der Waals surface area (Å²) in [5, 5.41) is 16.4. The Morgan fingerprint density at radius 2 is 1.88 bits per heavy atom. The molecule has 2 rings (SSSR count). The zero-order chi connectivity index (χ0) is 18.4. The molecule has 1 aromatic carbocycles. The SMILES string of the molecule is CC(=O)NCCNC(=O)c1cc([N+](=O)[O-])ccc1N1CCC(C)CC1. The zero-order valence-electron chi connectivity index (χ0n) is 14.6. The second-order valence-corrected chi connectivity index (χ2v) is 6.37. The quantitative estimate of drug-likeness (QED) is 0.462. The largest absolute Gasteiger partial charge is 0.371 e. The molecule has 0 unspecified atom stereocenters. The highest BCUT2D eigenvalue weighted by atomic mass is 16.6. The van der Waals surface area contributed by atoms with Gasteiger partial charge in [0.05, 0.1) is 16.2 Å². The molecular formula is C17H24N4O4. The van der Waals surface area contributed by atoms with Crippen molar-refractivity contribution in [1.82, 2.24) is 10.6 Å². The number of rotatable bonds is 6. The number of carbonyl (C=O) groups is 2. The first-order valence-electron chi connectivity index (χ1n) is 8.44. The van der Waals surface area contributed by atoms with E-state index in [2.05, 4.69) is 22.5 Å². The third-order valence-electron chi connectivity index (χ3n) is 4.34. The Hall–Kier alpha value is -2.64. The molecule has 1 aliphatic heterocycles. The summed E-state index contributed by atoms with van der Waals surface area (Å²) >= 11 is 0. The van der Waals surface area contributed by atoms with E-state index in [0.717, 1.165) is 31.6 Å². The van der Waals surface area contributed by atoms with E-state index in [1.54, 1.807) is 6.07 Å². The van der Waals surface area contributed by atoms with Crippen LogP contribution in [0.15, 0.2) is 18.2 Å². The summed E-state index contributed by atoms with van der Waals surface area (Å²) in [6.07, 6.45) is 2.06. The van der Waals surface area contributed by atoms with Crippen LogP contribution in [0.3, 0.4) is 0 Å². The number of nitrogens with zero attached hydrogens (tertiary/aromatic N) is 2. The summed E-state index contributed by atoms with van der Waals surface area (Å²) in [7, 11) is 0. The molecule has 2 amide bonds. The van der Waals surface area contributed by atoms with Gasteiger partial charge in [-0.1, -0.05) is 6.92 Å². The average Bonchev–Trinajstić information content (AvgIpc) is 2.58. The number of non-ortho nitro benzene ring substituents is 1. The second kappa shape index (κ2) is 8.46. The highest BCUT2D eigenvalue weighted by Crippen LogP contribution is 2.29. The highest BCUT2D eigenvalue weighted by Gasteiger charge is 2.23. The molecule has 0 radical (unpaired) electrons. The molecule has 0 saturated carbocycles. The van der Waals surface area contributed by atoms with Gasteiger partial charge in [0.15, 0.2) is 0 Å².